The van der Waals surface area contributed by atoms with Gasteiger partial charge in [0, 0.05) is 25.9 Å². The van der Waals surface area contributed by atoms with Crippen molar-refractivity contribution < 1.29 is 33.4 Å². The van der Waals surface area contributed by atoms with Gasteiger partial charge in [-0.2, -0.15) is 0 Å². The number of benzene rings is 1. The Balaban J connectivity index is 1.36. The SMILES string of the molecule is COC(=O)NC(C(=O)N1CCCC1c1ncc(C2(c3cnc(C4CN(C(C)=O)CN4C(=O)C(NC(=O)OC)C(C)C)[nH]3)C=CC(c3ccccc3)=CC2)[nH]1)C(C)C. The molecule has 2 aliphatic heterocycles. The molecule has 57 heavy (non-hydrogen) atoms. The van der Waals surface area contributed by atoms with E-state index in [0.29, 0.717) is 31.0 Å². The van der Waals surface area contributed by atoms with Crippen molar-refractivity contribution in [1.29, 1.82) is 0 Å². The van der Waals surface area contributed by atoms with E-state index in [4.69, 9.17) is 19.4 Å². The summed E-state index contributed by atoms with van der Waals surface area (Å²) >= 11 is 0. The summed E-state index contributed by atoms with van der Waals surface area (Å²) in [5.74, 6) is -0.0798. The molecular formula is C41H53N9O7. The number of allylic oxidation sites excluding steroid dienone is 4. The minimum absolute atomic E-state index is 0.0302. The normalized spacial score (nSPS) is 21.7. The second-order valence-electron chi connectivity index (χ2n) is 15.5. The summed E-state index contributed by atoms with van der Waals surface area (Å²) < 4.78 is 9.61. The van der Waals surface area contributed by atoms with Crippen molar-refractivity contribution >= 4 is 35.5 Å². The van der Waals surface area contributed by atoms with Crippen LogP contribution in [0.1, 0.15) is 94.6 Å². The lowest BCUT2D eigenvalue weighted by atomic mass is 9.74. The van der Waals surface area contributed by atoms with E-state index in [1.165, 1.54) is 21.1 Å². The van der Waals surface area contributed by atoms with E-state index in [0.717, 1.165) is 28.9 Å². The predicted octanol–water partition coefficient (Wildman–Crippen LogP) is 4.58. The number of aromatic amines is 2. The fourth-order valence-electron chi connectivity index (χ4n) is 7.90. The number of amides is 5. The van der Waals surface area contributed by atoms with Crippen LogP contribution >= 0.6 is 0 Å². The molecule has 2 saturated heterocycles. The van der Waals surface area contributed by atoms with Crippen molar-refractivity contribution in [2.24, 2.45) is 11.8 Å². The lowest BCUT2D eigenvalue weighted by molar-refractivity contribution is -0.137. The van der Waals surface area contributed by atoms with Crippen LogP contribution in [0.25, 0.3) is 5.57 Å². The lowest BCUT2D eigenvalue weighted by Gasteiger charge is -2.32. The zero-order chi connectivity index (χ0) is 41.0. The highest BCUT2D eigenvalue weighted by Gasteiger charge is 2.44. The molecule has 0 bridgehead atoms. The number of likely N-dealkylation sites (tertiary alicyclic amines) is 1. The number of ether oxygens (including phenoxy) is 2. The van der Waals surface area contributed by atoms with Crippen LogP contribution in [-0.2, 0) is 29.3 Å². The standard InChI is InChI=1S/C41H53N9O7/c1-24(2)33(46-39(54)56-6)37(52)49-19-11-14-29(49)35-42-20-31(44-35)41(17-15-28(16-18-41)27-12-9-8-10-13-27)32-21-43-36(45-32)30-22-48(26(5)51)23-50(30)38(53)34(25(3)4)47-40(55)57-7/h8-10,12-13,15-17,20-21,24-25,29-30,33-34H,11,14,18-19,22-23H2,1-7H3,(H,42,44)(H,43,45)(H,46,54)(H,47,55). The molecule has 3 aliphatic rings. The molecule has 304 valence electrons. The third-order valence-electron chi connectivity index (χ3n) is 11.2. The number of carbonyl (C=O) groups excluding carboxylic acids is 5. The number of nitrogens with one attached hydrogen (secondary N) is 4. The number of alkyl carbamates (subject to hydrolysis) is 2. The molecule has 5 unspecified atom stereocenters. The molecule has 4 N–H and O–H groups in total. The fraction of sp³-hybridized carbons (Fsp3) is 0.488. The highest BCUT2D eigenvalue weighted by Crippen LogP contribution is 2.43. The number of rotatable bonds is 11. The van der Waals surface area contributed by atoms with Crippen molar-refractivity contribution in [3.8, 4) is 0 Å². The molecule has 6 rings (SSSR count). The van der Waals surface area contributed by atoms with Crippen LogP contribution in [-0.4, -0.2) is 111 Å². The maximum Gasteiger partial charge on any atom is 0.407 e. The Morgan fingerprint density at radius 3 is 1.89 bits per heavy atom. The number of imidazole rings is 2. The second-order valence-corrected chi connectivity index (χ2v) is 15.5. The summed E-state index contributed by atoms with van der Waals surface area (Å²) in [5.41, 5.74) is 2.82. The Morgan fingerprint density at radius 1 is 0.825 bits per heavy atom. The highest BCUT2D eigenvalue weighted by molar-refractivity contribution is 5.88. The second kappa shape index (κ2) is 17.1. The van der Waals surface area contributed by atoms with Crippen LogP contribution in [0.2, 0.25) is 0 Å². The van der Waals surface area contributed by atoms with E-state index >= 15 is 0 Å². The number of methoxy groups -OCH3 is 2. The number of nitrogens with zero attached hydrogens (tertiary/aromatic N) is 5. The zero-order valence-electron chi connectivity index (χ0n) is 33.6. The van der Waals surface area contributed by atoms with E-state index in [-0.39, 0.29) is 48.8 Å². The quantitative estimate of drug-likeness (QED) is 0.215. The predicted molar refractivity (Wildman–Crippen MR) is 210 cm³/mol. The molecule has 0 spiro atoms. The number of H-pyrrole nitrogens is 2. The van der Waals surface area contributed by atoms with Gasteiger partial charge in [-0.15, -0.1) is 0 Å². The van der Waals surface area contributed by atoms with Gasteiger partial charge in [-0.1, -0.05) is 76.3 Å². The van der Waals surface area contributed by atoms with Crippen molar-refractivity contribution in [2.75, 3.05) is 34.0 Å². The van der Waals surface area contributed by atoms with Crippen molar-refractivity contribution in [1.82, 2.24) is 45.3 Å². The first-order valence-electron chi connectivity index (χ1n) is 19.4. The van der Waals surface area contributed by atoms with Gasteiger partial charge in [0.2, 0.25) is 17.7 Å². The first-order valence-corrected chi connectivity index (χ1v) is 19.4. The first kappa shape index (κ1) is 40.7. The molecule has 1 aliphatic carbocycles. The molecule has 2 aromatic heterocycles. The number of hydrogen-bond acceptors (Lipinski definition) is 9. The maximum atomic E-state index is 14.1. The number of hydrogen-bond donors (Lipinski definition) is 4. The smallest absolute Gasteiger partial charge is 0.407 e. The van der Waals surface area contributed by atoms with E-state index in [1.807, 2.05) is 45.9 Å². The molecule has 0 saturated carbocycles. The summed E-state index contributed by atoms with van der Waals surface area (Å²) in [4.78, 5) is 86.8. The summed E-state index contributed by atoms with van der Waals surface area (Å²) in [5, 5.41) is 5.36. The summed E-state index contributed by atoms with van der Waals surface area (Å²) in [6, 6.07) is 7.46. The molecule has 3 aromatic rings. The Bertz CT molecular complexity index is 2020. The van der Waals surface area contributed by atoms with Crippen LogP contribution in [0, 0.1) is 11.8 Å². The van der Waals surface area contributed by atoms with Gasteiger partial charge < -0.3 is 44.8 Å². The topological polar surface area (TPSA) is 195 Å². The Labute approximate surface area is 332 Å². The van der Waals surface area contributed by atoms with E-state index in [9.17, 15) is 24.0 Å². The van der Waals surface area contributed by atoms with Crippen molar-refractivity contribution in [3.63, 3.8) is 0 Å². The minimum Gasteiger partial charge on any atom is -0.453 e. The first-order chi connectivity index (χ1) is 27.3. The summed E-state index contributed by atoms with van der Waals surface area (Å²) in [7, 11) is 2.51. The average Bonchev–Trinajstić information content (AvgIpc) is 4.05. The van der Waals surface area contributed by atoms with Gasteiger partial charge in [0.05, 0.1) is 50.3 Å². The average molecular weight is 784 g/mol. The van der Waals surface area contributed by atoms with Crippen LogP contribution in [0.4, 0.5) is 9.59 Å². The fourth-order valence-corrected chi connectivity index (χ4v) is 7.90. The summed E-state index contributed by atoms with van der Waals surface area (Å²) in [6.07, 6.45) is 10.5. The van der Waals surface area contributed by atoms with Gasteiger partial charge in [0.1, 0.15) is 29.8 Å². The van der Waals surface area contributed by atoms with Gasteiger partial charge in [-0.25, -0.2) is 19.6 Å². The van der Waals surface area contributed by atoms with E-state index in [2.05, 4.69) is 51.0 Å². The maximum absolute atomic E-state index is 14.1. The van der Waals surface area contributed by atoms with Gasteiger partial charge in [-0.05, 0) is 42.2 Å². The van der Waals surface area contributed by atoms with Gasteiger partial charge in [-0.3, -0.25) is 14.4 Å². The molecule has 4 heterocycles. The number of carbonyl (C=O) groups is 5. The lowest BCUT2D eigenvalue weighted by Crippen LogP contribution is -2.51. The Morgan fingerprint density at radius 2 is 1.39 bits per heavy atom. The van der Waals surface area contributed by atoms with Crippen LogP contribution < -0.4 is 10.6 Å². The van der Waals surface area contributed by atoms with Crippen LogP contribution in [0.15, 0.2) is 61.0 Å². The van der Waals surface area contributed by atoms with Crippen LogP contribution in [0.5, 0.6) is 0 Å². The molecule has 5 amide bonds. The zero-order valence-corrected chi connectivity index (χ0v) is 33.6. The van der Waals surface area contributed by atoms with E-state index in [1.54, 1.807) is 27.1 Å². The molecule has 5 atom stereocenters. The largest absolute Gasteiger partial charge is 0.453 e. The minimum atomic E-state index is -0.895. The molecular weight excluding hydrogens is 731 g/mol. The van der Waals surface area contributed by atoms with Crippen molar-refractivity contribution in [3.05, 3.63) is 89.6 Å². The van der Waals surface area contributed by atoms with Gasteiger partial charge in [0.25, 0.3) is 0 Å². The summed E-state index contributed by atoms with van der Waals surface area (Å²) in [6.45, 7) is 9.63. The molecule has 16 nitrogen and oxygen atoms in total. The van der Waals surface area contributed by atoms with Gasteiger partial charge in [0.15, 0.2) is 0 Å². The molecule has 1 aromatic carbocycles. The number of aromatic nitrogens is 4. The van der Waals surface area contributed by atoms with E-state index < -0.39 is 35.7 Å². The van der Waals surface area contributed by atoms with Gasteiger partial charge >= 0.3 is 12.2 Å². The Hall–Kier alpha value is -5.93. The van der Waals surface area contributed by atoms with Crippen LogP contribution in [0.3, 0.4) is 0 Å². The van der Waals surface area contributed by atoms with Crippen molar-refractivity contribution in [2.45, 2.75) is 83.5 Å². The highest BCUT2D eigenvalue weighted by atomic mass is 16.5. The molecule has 0 radical (unpaired) electrons. The molecule has 16 heteroatoms. The Kier molecular flexibility index (Phi) is 12.2. The monoisotopic (exact) mass is 783 g/mol. The third kappa shape index (κ3) is 8.30. The third-order valence-corrected chi connectivity index (χ3v) is 11.2. The molecule has 2 fully saturated rings.